The molecule has 1 rings (SSSR count). The van der Waals surface area contributed by atoms with E-state index in [0.717, 1.165) is 12.1 Å². The second kappa shape index (κ2) is 4.93. The van der Waals surface area contributed by atoms with Gasteiger partial charge in [-0.1, -0.05) is 0 Å². The molecule has 1 aromatic rings. The predicted octanol–water partition coefficient (Wildman–Crippen LogP) is 0.0533. The second-order valence-corrected chi connectivity index (χ2v) is 4.17. The van der Waals surface area contributed by atoms with Crippen LogP contribution in [0.4, 0.5) is 0 Å². The van der Waals surface area contributed by atoms with E-state index in [2.05, 4.69) is 15.3 Å². The lowest BCUT2D eigenvalue weighted by Crippen LogP contribution is -2.42. The van der Waals surface area contributed by atoms with Gasteiger partial charge in [0.2, 0.25) is 5.91 Å². The number of hydrogen-bond donors (Lipinski definition) is 3. The lowest BCUT2D eigenvalue weighted by atomic mass is 9.93. The summed E-state index contributed by atoms with van der Waals surface area (Å²) in [4.78, 5) is 18.5. The van der Waals surface area contributed by atoms with Crippen molar-refractivity contribution >= 4 is 5.91 Å². The smallest absolute Gasteiger partial charge is 0.226 e. The van der Waals surface area contributed by atoms with Gasteiger partial charge in [0, 0.05) is 31.4 Å². The highest BCUT2D eigenvalue weighted by Gasteiger charge is 2.24. The zero-order valence-electron chi connectivity index (χ0n) is 9.21. The monoisotopic (exact) mass is 210 g/mol. The molecule has 0 aliphatic heterocycles. The molecule has 0 aliphatic rings. The maximum atomic E-state index is 11.6. The number of imidazole rings is 1. The zero-order valence-corrected chi connectivity index (χ0v) is 9.21. The van der Waals surface area contributed by atoms with Gasteiger partial charge in [0.15, 0.2) is 0 Å². The molecule has 0 atom stereocenters. The van der Waals surface area contributed by atoms with E-state index < -0.39 is 5.41 Å². The Labute approximate surface area is 89.5 Å². The summed E-state index contributed by atoms with van der Waals surface area (Å²) in [5.74, 6) is -0.00971. The van der Waals surface area contributed by atoms with Gasteiger partial charge in [-0.15, -0.1) is 0 Å². The Hall–Kier alpha value is -1.36. The number of hydrogen-bond acceptors (Lipinski definition) is 3. The average Bonchev–Trinajstić information content (AvgIpc) is 2.70. The van der Waals surface area contributed by atoms with Crippen LogP contribution in [-0.4, -0.2) is 29.0 Å². The van der Waals surface area contributed by atoms with Crippen LogP contribution >= 0.6 is 0 Å². The van der Waals surface area contributed by atoms with Crippen LogP contribution in [0.15, 0.2) is 12.5 Å². The number of aromatic amines is 1. The van der Waals surface area contributed by atoms with Gasteiger partial charge in [-0.3, -0.25) is 4.79 Å². The van der Waals surface area contributed by atoms with Gasteiger partial charge in [0.05, 0.1) is 11.7 Å². The Morgan fingerprint density at radius 2 is 2.40 bits per heavy atom. The summed E-state index contributed by atoms with van der Waals surface area (Å²) in [5, 5.41) is 2.85. The van der Waals surface area contributed by atoms with Crippen molar-refractivity contribution in [3.05, 3.63) is 18.2 Å². The molecule has 1 amide bonds. The number of carbonyl (C=O) groups excluding carboxylic acids is 1. The molecule has 0 aliphatic carbocycles. The topological polar surface area (TPSA) is 83.8 Å². The molecule has 84 valence electrons. The van der Waals surface area contributed by atoms with Crippen LogP contribution in [0.1, 0.15) is 19.5 Å². The van der Waals surface area contributed by atoms with Crippen LogP contribution in [-0.2, 0) is 11.2 Å². The second-order valence-electron chi connectivity index (χ2n) is 4.17. The molecule has 5 heteroatoms. The van der Waals surface area contributed by atoms with E-state index in [1.807, 2.05) is 13.8 Å². The molecule has 0 spiro atoms. The quantitative estimate of drug-likeness (QED) is 0.642. The zero-order chi connectivity index (χ0) is 11.3. The Bertz CT molecular complexity index is 305. The maximum absolute atomic E-state index is 11.6. The van der Waals surface area contributed by atoms with Gasteiger partial charge in [-0.05, 0) is 13.8 Å². The van der Waals surface area contributed by atoms with E-state index in [0.29, 0.717) is 13.1 Å². The molecule has 0 fully saturated rings. The van der Waals surface area contributed by atoms with Crippen molar-refractivity contribution in [2.75, 3.05) is 13.1 Å². The largest absolute Gasteiger partial charge is 0.355 e. The summed E-state index contributed by atoms with van der Waals surface area (Å²) in [5.41, 5.74) is 6.02. The fraction of sp³-hybridized carbons (Fsp3) is 0.600. The Morgan fingerprint density at radius 3 is 2.93 bits per heavy atom. The van der Waals surface area contributed by atoms with Crippen molar-refractivity contribution in [3.8, 4) is 0 Å². The molecule has 0 saturated heterocycles. The molecule has 0 radical (unpaired) electrons. The van der Waals surface area contributed by atoms with E-state index in [4.69, 9.17) is 5.73 Å². The van der Waals surface area contributed by atoms with Crippen LogP contribution in [0.5, 0.6) is 0 Å². The lowest BCUT2D eigenvalue weighted by molar-refractivity contribution is -0.128. The van der Waals surface area contributed by atoms with E-state index in [1.165, 1.54) is 0 Å². The number of H-pyrrole nitrogens is 1. The van der Waals surface area contributed by atoms with Crippen LogP contribution in [0.2, 0.25) is 0 Å². The van der Waals surface area contributed by atoms with Crippen molar-refractivity contribution in [2.45, 2.75) is 20.3 Å². The van der Waals surface area contributed by atoms with Crippen LogP contribution in [0.3, 0.4) is 0 Å². The van der Waals surface area contributed by atoms with E-state index in [9.17, 15) is 4.79 Å². The Balaban J connectivity index is 2.29. The molecule has 0 saturated carbocycles. The molecule has 5 nitrogen and oxygen atoms in total. The summed E-state index contributed by atoms with van der Waals surface area (Å²) >= 11 is 0. The fourth-order valence-electron chi connectivity index (χ4n) is 1.06. The van der Waals surface area contributed by atoms with Crippen molar-refractivity contribution in [1.29, 1.82) is 0 Å². The highest BCUT2D eigenvalue weighted by molar-refractivity contribution is 5.81. The summed E-state index contributed by atoms with van der Waals surface area (Å²) < 4.78 is 0. The summed E-state index contributed by atoms with van der Waals surface area (Å²) in [7, 11) is 0. The van der Waals surface area contributed by atoms with Gasteiger partial charge >= 0.3 is 0 Å². The third-order valence-electron chi connectivity index (χ3n) is 2.36. The molecule has 1 heterocycles. The number of carbonyl (C=O) groups is 1. The minimum Gasteiger partial charge on any atom is -0.355 e. The first-order chi connectivity index (χ1) is 7.06. The molecular formula is C10H18N4O. The van der Waals surface area contributed by atoms with Crippen molar-refractivity contribution in [2.24, 2.45) is 11.1 Å². The third-order valence-corrected chi connectivity index (χ3v) is 2.36. The van der Waals surface area contributed by atoms with E-state index in [1.54, 1.807) is 12.5 Å². The highest BCUT2D eigenvalue weighted by atomic mass is 16.2. The maximum Gasteiger partial charge on any atom is 0.226 e. The van der Waals surface area contributed by atoms with Crippen molar-refractivity contribution in [3.63, 3.8) is 0 Å². The van der Waals surface area contributed by atoms with Crippen molar-refractivity contribution in [1.82, 2.24) is 15.3 Å². The third kappa shape index (κ3) is 3.36. The molecular weight excluding hydrogens is 192 g/mol. The number of nitrogens with two attached hydrogens (primary N) is 1. The first-order valence-electron chi connectivity index (χ1n) is 5.02. The predicted molar refractivity (Wildman–Crippen MR) is 58.1 cm³/mol. The number of aromatic nitrogens is 2. The molecule has 0 aromatic carbocycles. The highest BCUT2D eigenvalue weighted by Crippen LogP contribution is 2.11. The summed E-state index contributed by atoms with van der Waals surface area (Å²) in [6.07, 6.45) is 4.13. The molecule has 15 heavy (non-hydrogen) atoms. The Morgan fingerprint density at radius 1 is 1.67 bits per heavy atom. The van der Waals surface area contributed by atoms with Gasteiger partial charge in [0.1, 0.15) is 0 Å². The minimum atomic E-state index is -0.492. The SMILES string of the molecule is CC(C)(CN)C(=O)NCCc1cnc[nH]1. The first kappa shape index (κ1) is 11.7. The van der Waals surface area contributed by atoms with Crippen LogP contribution < -0.4 is 11.1 Å². The molecule has 0 unspecified atom stereocenters. The van der Waals surface area contributed by atoms with E-state index in [-0.39, 0.29) is 5.91 Å². The first-order valence-corrected chi connectivity index (χ1v) is 5.02. The average molecular weight is 210 g/mol. The molecule has 1 aromatic heterocycles. The van der Waals surface area contributed by atoms with Gasteiger partial charge in [-0.25, -0.2) is 4.98 Å². The molecule has 0 bridgehead atoms. The molecule has 4 N–H and O–H groups in total. The number of nitrogens with zero attached hydrogens (tertiary/aromatic N) is 1. The summed E-state index contributed by atoms with van der Waals surface area (Å²) in [6, 6.07) is 0. The normalized spacial score (nSPS) is 11.4. The van der Waals surface area contributed by atoms with E-state index >= 15 is 0 Å². The number of rotatable bonds is 5. The fourth-order valence-corrected chi connectivity index (χ4v) is 1.06. The van der Waals surface area contributed by atoms with Crippen LogP contribution in [0, 0.1) is 5.41 Å². The van der Waals surface area contributed by atoms with Crippen molar-refractivity contribution < 1.29 is 4.79 Å². The summed E-state index contributed by atoms with van der Waals surface area (Å²) in [6.45, 7) is 4.62. The van der Waals surface area contributed by atoms with Gasteiger partial charge in [-0.2, -0.15) is 0 Å². The van der Waals surface area contributed by atoms with Gasteiger partial charge in [0.25, 0.3) is 0 Å². The number of amides is 1. The Kier molecular flexibility index (Phi) is 3.85. The number of nitrogens with one attached hydrogen (secondary N) is 2. The minimum absolute atomic E-state index is 0.00971. The van der Waals surface area contributed by atoms with Gasteiger partial charge < -0.3 is 16.0 Å². The van der Waals surface area contributed by atoms with Crippen LogP contribution in [0.25, 0.3) is 0 Å². The standard InChI is InChI=1S/C10H18N4O/c1-10(2,6-11)9(15)13-4-3-8-5-12-7-14-8/h5,7H,3-4,6,11H2,1-2H3,(H,12,14)(H,13,15). The lowest BCUT2D eigenvalue weighted by Gasteiger charge is -2.20.